The smallest absolute Gasteiger partial charge is 0.407 e. The average molecular weight is 475 g/mol. The lowest BCUT2D eigenvalue weighted by Crippen LogP contribution is -2.53. The molecular weight excluding hydrogens is 448 g/mol. The first-order valence-electron chi connectivity index (χ1n) is 11.3. The van der Waals surface area contributed by atoms with Gasteiger partial charge in [0.25, 0.3) is 0 Å². The van der Waals surface area contributed by atoms with Crippen LogP contribution in [0.15, 0.2) is 78.9 Å². The minimum Gasteiger partial charge on any atom is -0.480 e. The van der Waals surface area contributed by atoms with E-state index in [0.29, 0.717) is 0 Å². The SMILES string of the molecule is O=C(N[C@@H](CO)C(=O)N[C@@H](Cc1ccccc1)C(=O)O)OCC1c2ccccc2-c2ccccc21. The van der Waals surface area contributed by atoms with E-state index in [9.17, 15) is 24.6 Å². The lowest BCUT2D eigenvalue weighted by Gasteiger charge is -2.21. The zero-order valence-electron chi connectivity index (χ0n) is 18.9. The van der Waals surface area contributed by atoms with Gasteiger partial charge in [-0.2, -0.15) is 0 Å². The van der Waals surface area contributed by atoms with E-state index in [-0.39, 0.29) is 18.9 Å². The van der Waals surface area contributed by atoms with Crippen molar-refractivity contribution in [3.63, 3.8) is 0 Å². The minimum atomic E-state index is -1.36. The molecule has 3 aromatic rings. The van der Waals surface area contributed by atoms with Gasteiger partial charge in [0.1, 0.15) is 18.7 Å². The van der Waals surface area contributed by atoms with Gasteiger partial charge in [0.2, 0.25) is 5.91 Å². The fourth-order valence-corrected chi connectivity index (χ4v) is 4.30. The molecule has 8 nitrogen and oxygen atoms in total. The van der Waals surface area contributed by atoms with Gasteiger partial charge in [-0.25, -0.2) is 9.59 Å². The third kappa shape index (κ3) is 5.50. The van der Waals surface area contributed by atoms with Crippen LogP contribution in [-0.4, -0.2) is 53.5 Å². The van der Waals surface area contributed by atoms with Gasteiger partial charge in [0.15, 0.2) is 0 Å². The molecule has 180 valence electrons. The highest BCUT2D eigenvalue weighted by atomic mass is 16.5. The summed E-state index contributed by atoms with van der Waals surface area (Å²) in [5.41, 5.74) is 4.99. The molecule has 0 spiro atoms. The molecule has 0 aromatic heterocycles. The summed E-state index contributed by atoms with van der Waals surface area (Å²) in [5.74, 6) is -2.19. The van der Waals surface area contributed by atoms with Crippen molar-refractivity contribution in [1.82, 2.24) is 10.6 Å². The summed E-state index contributed by atoms with van der Waals surface area (Å²) in [7, 11) is 0. The normalized spacial score (nSPS) is 13.7. The van der Waals surface area contributed by atoms with Crippen LogP contribution in [0.5, 0.6) is 0 Å². The Labute approximate surface area is 202 Å². The Morgan fingerprint density at radius 1 is 0.800 bits per heavy atom. The molecule has 0 radical (unpaired) electrons. The Morgan fingerprint density at radius 2 is 1.37 bits per heavy atom. The number of rotatable bonds is 9. The van der Waals surface area contributed by atoms with E-state index in [4.69, 9.17) is 4.74 Å². The van der Waals surface area contributed by atoms with Crippen molar-refractivity contribution in [2.75, 3.05) is 13.2 Å². The number of nitrogens with one attached hydrogen (secondary N) is 2. The first-order chi connectivity index (χ1) is 17.0. The molecule has 8 heteroatoms. The molecule has 4 rings (SSSR count). The van der Waals surface area contributed by atoms with Crippen molar-refractivity contribution in [3.05, 3.63) is 95.6 Å². The number of aliphatic carboxylic acids is 1. The van der Waals surface area contributed by atoms with Crippen LogP contribution < -0.4 is 10.6 Å². The quantitative estimate of drug-likeness (QED) is 0.378. The third-order valence-corrected chi connectivity index (χ3v) is 6.03. The van der Waals surface area contributed by atoms with Gasteiger partial charge >= 0.3 is 12.1 Å². The molecule has 0 heterocycles. The molecule has 0 saturated heterocycles. The van der Waals surface area contributed by atoms with Crippen molar-refractivity contribution in [1.29, 1.82) is 0 Å². The van der Waals surface area contributed by atoms with Gasteiger partial charge in [-0.1, -0.05) is 78.9 Å². The Kier molecular flexibility index (Phi) is 7.42. The van der Waals surface area contributed by atoms with Crippen LogP contribution >= 0.6 is 0 Å². The molecular formula is C27H26N2O6. The Balaban J connectivity index is 1.36. The maximum Gasteiger partial charge on any atom is 0.407 e. The van der Waals surface area contributed by atoms with Crippen molar-refractivity contribution in [2.45, 2.75) is 24.4 Å². The van der Waals surface area contributed by atoms with Crippen LogP contribution in [-0.2, 0) is 20.7 Å². The number of aliphatic hydroxyl groups excluding tert-OH is 1. The topological polar surface area (TPSA) is 125 Å². The zero-order chi connectivity index (χ0) is 24.8. The summed E-state index contributed by atoms with van der Waals surface area (Å²) in [4.78, 5) is 36.7. The Morgan fingerprint density at radius 3 is 1.94 bits per heavy atom. The van der Waals surface area contributed by atoms with Crippen LogP contribution in [0.3, 0.4) is 0 Å². The van der Waals surface area contributed by atoms with Gasteiger partial charge in [-0.3, -0.25) is 4.79 Å². The number of alkyl carbamates (subject to hydrolysis) is 1. The first-order valence-corrected chi connectivity index (χ1v) is 11.3. The second-order valence-corrected chi connectivity index (χ2v) is 8.29. The van der Waals surface area contributed by atoms with Crippen molar-refractivity contribution < 1.29 is 29.3 Å². The number of amides is 2. The maximum atomic E-state index is 12.6. The van der Waals surface area contributed by atoms with E-state index >= 15 is 0 Å². The highest BCUT2D eigenvalue weighted by Gasteiger charge is 2.30. The van der Waals surface area contributed by atoms with Crippen molar-refractivity contribution in [2.24, 2.45) is 0 Å². The molecule has 1 aliphatic carbocycles. The highest BCUT2D eigenvalue weighted by Crippen LogP contribution is 2.44. The molecule has 0 fully saturated rings. The standard InChI is InChI=1S/C27H26N2O6/c30-15-24(25(31)28-23(26(32)33)14-17-8-2-1-3-9-17)29-27(34)35-16-22-20-12-6-4-10-18(20)19-11-5-7-13-21(19)22/h1-13,22-24,30H,14-16H2,(H,28,31)(H,29,34)(H,32,33)/t23-,24-/m0/s1. The van der Waals surface area contributed by atoms with E-state index in [0.717, 1.165) is 27.8 Å². The number of carbonyl (C=O) groups is 3. The summed E-state index contributed by atoms with van der Waals surface area (Å²) < 4.78 is 5.41. The monoisotopic (exact) mass is 474 g/mol. The number of carboxylic acid groups (broad SMARTS) is 1. The number of hydrogen-bond acceptors (Lipinski definition) is 5. The third-order valence-electron chi connectivity index (χ3n) is 6.03. The van der Waals surface area contributed by atoms with Crippen molar-refractivity contribution in [3.8, 4) is 11.1 Å². The zero-order valence-corrected chi connectivity index (χ0v) is 18.9. The number of carboxylic acids is 1. The molecule has 0 bridgehead atoms. The summed E-state index contributed by atoms with van der Waals surface area (Å²) in [5, 5.41) is 23.9. The number of aliphatic hydroxyl groups is 1. The lowest BCUT2D eigenvalue weighted by atomic mass is 9.98. The second kappa shape index (κ2) is 10.8. The lowest BCUT2D eigenvalue weighted by molar-refractivity contribution is -0.142. The van der Waals surface area contributed by atoms with E-state index in [2.05, 4.69) is 10.6 Å². The predicted octanol–water partition coefficient (Wildman–Crippen LogP) is 2.70. The number of fused-ring (bicyclic) bond motifs is 3. The summed E-state index contributed by atoms with van der Waals surface area (Å²) >= 11 is 0. The van der Waals surface area contributed by atoms with Crippen LogP contribution in [0, 0.1) is 0 Å². The Hall–Kier alpha value is -4.17. The van der Waals surface area contributed by atoms with Gasteiger partial charge in [-0.15, -0.1) is 0 Å². The van der Waals surface area contributed by atoms with Crippen LogP contribution in [0.1, 0.15) is 22.6 Å². The molecule has 2 amide bonds. The number of carbonyl (C=O) groups excluding carboxylic acids is 2. The summed E-state index contributed by atoms with van der Waals surface area (Å²) in [6.07, 6.45) is -0.818. The molecule has 4 N–H and O–H groups in total. The molecule has 1 aliphatic rings. The highest BCUT2D eigenvalue weighted by molar-refractivity contribution is 5.89. The van der Waals surface area contributed by atoms with Crippen molar-refractivity contribution >= 4 is 18.0 Å². The molecule has 35 heavy (non-hydrogen) atoms. The predicted molar refractivity (Wildman–Crippen MR) is 129 cm³/mol. The van der Waals surface area contributed by atoms with Crippen LogP contribution in [0.25, 0.3) is 11.1 Å². The van der Waals surface area contributed by atoms with E-state index in [1.807, 2.05) is 48.5 Å². The van der Waals surface area contributed by atoms with Gasteiger partial charge in [0, 0.05) is 12.3 Å². The van der Waals surface area contributed by atoms with Crippen LogP contribution in [0.4, 0.5) is 4.79 Å². The minimum absolute atomic E-state index is 0.0470. The number of ether oxygens (including phenoxy) is 1. The van der Waals surface area contributed by atoms with Gasteiger partial charge in [0.05, 0.1) is 6.61 Å². The second-order valence-electron chi connectivity index (χ2n) is 8.29. The van der Waals surface area contributed by atoms with E-state index in [1.54, 1.807) is 30.3 Å². The van der Waals surface area contributed by atoms with E-state index in [1.165, 1.54) is 0 Å². The maximum absolute atomic E-state index is 12.6. The van der Waals surface area contributed by atoms with E-state index < -0.39 is 36.7 Å². The largest absolute Gasteiger partial charge is 0.480 e. The fourth-order valence-electron chi connectivity index (χ4n) is 4.30. The number of hydrogen-bond donors (Lipinski definition) is 4. The fraction of sp³-hybridized carbons (Fsp3) is 0.222. The molecule has 2 atom stereocenters. The number of benzene rings is 3. The molecule has 0 saturated carbocycles. The molecule has 0 aliphatic heterocycles. The van der Waals surface area contributed by atoms with Gasteiger partial charge in [-0.05, 0) is 27.8 Å². The van der Waals surface area contributed by atoms with Gasteiger partial charge < -0.3 is 25.6 Å². The first kappa shape index (κ1) is 24.0. The Bertz CT molecular complexity index is 1170. The molecule has 3 aromatic carbocycles. The van der Waals surface area contributed by atoms with Crippen LogP contribution in [0.2, 0.25) is 0 Å². The molecule has 0 unspecified atom stereocenters. The summed E-state index contributed by atoms with van der Waals surface area (Å²) in [6.45, 7) is -0.668. The summed E-state index contributed by atoms with van der Waals surface area (Å²) in [6, 6.07) is 22.1. The average Bonchev–Trinajstić information content (AvgIpc) is 3.19.